The molecule has 0 fully saturated rings. The van der Waals surface area contributed by atoms with Crippen molar-refractivity contribution in [1.29, 1.82) is 0 Å². The van der Waals surface area contributed by atoms with Crippen molar-refractivity contribution < 1.29 is 4.74 Å². The zero-order valence-electron chi connectivity index (χ0n) is 6.13. The minimum Gasteiger partial charge on any atom is -0.360 e. The molecular formula is C8H12NO. The summed E-state index contributed by atoms with van der Waals surface area (Å²) in [6, 6.07) is 0. The van der Waals surface area contributed by atoms with E-state index in [0.717, 1.165) is 0 Å². The van der Waals surface area contributed by atoms with E-state index < -0.39 is 0 Å². The van der Waals surface area contributed by atoms with Gasteiger partial charge in [0, 0.05) is 7.11 Å². The van der Waals surface area contributed by atoms with Gasteiger partial charge in [-0.1, -0.05) is 6.08 Å². The van der Waals surface area contributed by atoms with E-state index in [1.165, 1.54) is 0 Å². The van der Waals surface area contributed by atoms with Crippen LogP contribution in [0.3, 0.4) is 0 Å². The zero-order valence-corrected chi connectivity index (χ0v) is 6.13. The summed E-state index contributed by atoms with van der Waals surface area (Å²) in [5, 5.41) is 3.08. The van der Waals surface area contributed by atoms with Gasteiger partial charge in [0.2, 0.25) is 0 Å². The first-order valence-electron chi connectivity index (χ1n) is 3.29. The van der Waals surface area contributed by atoms with E-state index in [2.05, 4.69) is 12.2 Å². The Morgan fingerprint density at radius 1 is 1.60 bits per heavy atom. The number of nitrogens with one attached hydrogen (secondary N) is 1. The van der Waals surface area contributed by atoms with E-state index in [9.17, 15) is 0 Å². The molecule has 1 radical (unpaired) electrons. The van der Waals surface area contributed by atoms with Crippen LogP contribution in [0.15, 0.2) is 24.4 Å². The highest BCUT2D eigenvalue weighted by Crippen LogP contribution is 2.14. The predicted molar refractivity (Wildman–Crippen MR) is 41.1 cm³/mol. The molecule has 10 heavy (non-hydrogen) atoms. The lowest BCUT2D eigenvalue weighted by Gasteiger charge is -2.29. The molecular weight excluding hydrogens is 126 g/mol. The number of methoxy groups -OCH3 is 1. The molecule has 1 heterocycles. The Morgan fingerprint density at radius 3 is 2.70 bits per heavy atom. The molecule has 0 saturated heterocycles. The molecule has 0 amide bonds. The van der Waals surface area contributed by atoms with Crippen LogP contribution in [-0.4, -0.2) is 12.8 Å². The zero-order chi connectivity index (χ0) is 7.45. The van der Waals surface area contributed by atoms with Crippen LogP contribution >= 0.6 is 0 Å². The van der Waals surface area contributed by atoms with Crippen molar-refractivity contribution in [3.05, 3.63) is 31.4 Å². The maximum atomic E-state index is 5.22. The molecule has 2 heteroatoms. The van der Waals surface area contributed by atoms with Gasteiger partial charge < -0.3 is 10.1 Å². The lowest BCUT2D eigenvalue weighted by Crippen LogP contribution is -2.42. The summed E-state index contributed by atoms with van der Waals surface area (Å²) < 4.78 is 5.22. The summed E-state index contributed by atoms with van der Waals surface area (Å²) >= 11 is 0. The molecule has 0 spiro atoms. The fraction of sp³-hybridized carbons (Fsp3) is 0.375. The van der Waals surface area contributed by atoms with Crippen LogP contribution in [0.2, 0.25) is 0 Å². The van der Waals surface area contributed by atoms with E-state index in [4.69, 9.17) is 4.74 Å². The number of rotatable bonds is 2. The smallest absolute Gasteiger partial charge is 0.157 e. The van der Waals surface area contributed by atoms with Gasteiger partial charge in [0.15, 0.2) is 5.72 Å². The number of ether oxygens (including phenoxy) is 1. The van der Waals surface area contributed by atoms with Crippen LogP contribution in [-0.2, 0) is 4.74 Å². The Morgan fingerprint density at radius 2 is 2.40 bits per heavy atom. The largest absolute Gasteiger partial charge is 0.360 e. The second-order valence-corrected chi connectivity index (χ2v) is 2.21. The number of hydrogen-bond donors (Lipinski definition) is 1. The molecule has 0 bridgehead atoms. The fourth-order valence-electron chi connectivity index (χ4n) is 0.888. The van der Waals surface area contributed by atoms with Gasteiger partial charge in [-0.2, -0.15) is 0 Å². The standard InChI is InChI=1S/C8H12NO/c1-3-8(10-2)6-4-5-7-9-8/h4-7,9H,1,3H2,2H3. The highest BCUT2D eigenvalue weighted by atomic mass is 16.5. The molecule has 1 aliphatic rings. The minimum absolute atomic E-state index is 0.366. The summed E-state index contributed by atoms with van der Waals surface area (Å²) in [5.41, 5.74) is -0.366. The van der Waals surface area contributed by atoms with E-state index in [0.29, 0.717) is 6.42 Å². The molecule has 55 valence electrons. The fourth-order valence-corrected chi connectivity index (χ4v) is 0.888. The molecule has 0 aromatic carbocycles. The lowest BCUT2D eigenvalue weighted by atomic mass is 10.1. The van der Waals surface area contributed by atoms with Gasteiger partial charge in [-0.15, -0.1) is 0 Å². The quantitative estimate of drug-likeness (QED) is 0.619. The number of dihydropyridines is 1. The predicted octanol–water partition coefficient (Wildman–Crippen LogP) is 1.23. The van der Waals surface area contributed by atoms with Crippen molar-refractivity contribution >= 4 is 0 Å². The van der Waals surface area contributed by atoms with Crippen molar-refractivity contribution in [3.63, 3.8) is 0 Å². The molecule has 1 unspecified atom stereocenters. The van der Waals surface area contributed by atoms with Crippen LogP contribution < -0.4 is 5.32 Å². The highest BCUT2D eigenvalue weighted by Gasteiger charge is 2.22. The third kappa shape index (κ3) is 1.21. The molecule has 0 aliphatic carbocycles. The lowest BCUT2D eigenvalue weighted by molar-refractivity contribution is 0.0151. The molecule has 1 aliphatic heterocycles. The Bertz CT molecular complexity index is 157. The average Bonchev–Trinajstić information content (AvgIpc) is 2.06. The van der Waals surface area contributed by atoms with Gasteiger partial charge in [0.25, 0.3) is 0 Å². The Kier molecular flexibility index (Phi) is 2.12. The molecule has 1 N–H and O–H groups in total. The molecule has 1 atom stereocenters. The minimum atomic E-state index is -0.366. The van der Waals surface area contributed by atoms with Gasteiger partial charge in [-0.05, 0) is 31.7 Å². The summed E-state index contributed by atoms with van der Waals surface area (Å²) in [6.45, 7) is 3.78. The van der Waals surface area contributed by atoms with Gasteiger partial charge >= 0.3 is 0 Å². The van der Waals surface area contributed by atoms with Gasteiger partial charge in [-0.25, -0.2) is 0 Å². The first-order chi connectivity index (χ1) is 4.83. The van der Waals surface area contributed by atoms with Crippen molar-refractivity contribution in [2.75, 3.05) is 7.11 Å². The second-order valence-electron chi connectivity index (χ2n) is 2.21. The van der Waals surface area contributed by atoms with E-state index in [1.54, 1.807) is 7.11 Å². The first kappa shape index (κ1) is 7.35. The van der Waals surface area contributed by atoms with Crippen LogP contribution in [0.1, 0.15) is 6.42 Å². The Balaban J connectivity index is 2.66. The Labute approximate surface area is 61.6 Å². The third-order valence-electron chi connectivity index (χ3n) is 1.64. The summed E-state index contributed by atoms with van der Waals surface area (Å²) in [4.78, 5) is 0. The number of allylic oxidation sites excluding steroid dienone is 2. The average molecular weight is 138 g/mol. The second kappa shape index (κ2) is 2.88. The van der Waals surface area contributed by atoms with Crippen LogP contribution in [0.25, 0.3) is 0 Å². The molecule has 2 nitrogen and oxygen atoms in total. The SMILES string of the molecule is [CH2]CC1(OC)C=CC=CN1. The summed E-state index contributed by atoms with van der Waals surface area (Å²) in [6.07, 6.45) is 8.37. The van der Waals surface area contributed by atoms with Crippen molar-refractivity contribution in [2.45, 2.75) is 12.1 Å². The van der Waals surface area contributed by atoms with Gasteiger partial charge in [0.05, 0.1) is 0 Å². The Hall–Kier alpha value is -0.760. The maximum absolute atomic E-state index is 5.22. The highest BCUT2D eigenvalue weighted by molar-refractivity contribution is 5.16. The monoisotopic (exact) mass is 138 g/mol. The number of hydrogen-bond acceptors (Lipinski definition) is 2. The first-order valence-corrected chi connectivity index (χ1v) is 3.29. The van der Waals surface area contributed by atoms with Crippen LogP contribution in [0.5, 0.6) is 0 Å². The van der Waals surface area contributed by atoms with Crippen LogP contribution in [0, 0.1) is 6.92 Å². The molecule has 0 aromatic heterocycles. The van der Waals surface area contributed by atoms with Crippen molar-refractivity contribution in [1.82, 2.24) is 5.32 Å². The van der Waals surface area contributed by atoms with Crippen molar-refractivity contribution in [2.24, 2.45) is 0 Å². The maximum Gasteiger partial charge on any atom is 0.157 e. The molecule has 0 saturated carbocycles. The van der Waals surface area contributed by atoms with E-state index >= 15 is 0 Å². The van der Waals surface area contributed by atoms with Gasteiger partial charge in [-0.3, -0.25) is 0 Å². The van der Waals surface area contributed by atoms with E-state index in [-0.39, 0.29) is 5.72 Å². The summed E-state index contributed by atoms with van der Waals surface area (Å²) in [5.74, 6) is 0. The van der Waals surface area contributed by atoms with Crippen molar-refractivity contribution in [3.8, 4) is 0 Å². The molecule has 0 aromatic rings. The normalized spacial score (nSPS) is 30.2. The molecule has 1 rings (SSSR count). The third-order valence-corrected chi connectivity index (χ3v) is 1.64. The summed E-state index contributed by atoms with van der Waals surface area (Å²) in [7, 11) is 1.67. The van der Waals surface area contributed by atoms with Gasteiger partial charge in [0.1, 0.15) is 0 Å². The topological polar surface area (TPSA) is 21.3 Å². The van der Waals surface area contributed by atoms with E-state index in [1.807, 2.05) is 24.4 Å². The van der Waals surface area contributed by atoms with Crippen LogP contribution in [0.4, 0.5) is 0 Å².